The summed E-state index contributed by atoms with van der Waals surface area (Å²) in [5, 5.41) is 11.5. The second kappa shape index (κ2) is 8.82. The van der Waals surface area contributed by atoms with Gasteiger partial charge in [0.2, 0.25) is 0 Å². The fourth-order valence-corrected chi connectivity index (χ4v) is 4.78. The first-order chi connectivity index (χ1) is 16.4. The molecule has 2 N–H and O–H groups in total. The number of aromatic nitrogens is 4. The van der Waals surface area contributed by atoms with Gasteiger partial charge in [0.25, 0.3) is 0 Å². The van der Waals surface area contributed by atoms with Gasteiger partial charge in [0, 0.05) is 16.8 Å². The number of amides is 2. The monoisotopic (exact) mass is 478 g/mol. The lowest BCUT2D eigenvalue weighted by atomic mass is 10.0. The number of hydrogen-bond donors (Lipinski definition) is 2. The first-order valence-electron chi connectivity index (χ1n) is 10.7. The molecule has 4 heterocycles. The smallest absolute Gasteiger partial charge is 0.338 e. The summed E-state index contributed by atoms with van der Waals surface area (Å²) >= 11 is 1.34. The molecule has 0 aliphatic carbocycles. The van der Waals surface area contributed by atoms with Crippen molar-refractivity contribution in [2.24, 2.45) is 0 Å². The minimum atomic E-state index is -0.768. The number of carbonyl (C=O) groups excluding carboxylic acids is 2. The van der Waals surface area contributed by atoms with Crippen molar-refractivity contribution in [3.05, 3.63) is 65.0 Å². The molecule has 34 heavy (non-hydrogen) atoms. The predicted octanol–water partition coefficient (Wildman–Crippen LogP) is 3.45. The Morgan fingerprint density at radius 2 is 2.03 bits per heavy atom. The first kappa shape index (κ1) is 22.0. The van der Waals surface area contributed by atoms with Crippen LogP contribution in [0.3, 0.4) is 0 Å². The van der Waals surface area contributed by atoms with Crippen LogP contribution in [-0.2, 0) is 9.53 Å². The van der Waals surface area contributed by atoms with E-state index in [2.05, 4.69) is 20.7 Å². The molecule has 2 amide bonds. The number of benzene rings is 1. The molecule has 1 aliphatic rings. The Bertz CT molecular complexity index is 1460. The maximum atomic E-state index is 12.9. The highest BCUT2D eigenvalue weighted by atomic mass is 32.2. The van der Waals surface area contributed by atoms with Crippen molar-refractivity contribution in [2.75, 3.05) is 12.4 Å². The number of furan rings is 1. The number of para-hydroxylation sites is 1. The van der Waals surface area contributed by atoms with Crippen molar-refractivity contribution >= 4 is 40.3 Å². The van der Waals surface area contributed by atoms with Gasteiger partial charge in [-0.25, -0.2) is 19.6 Å². The molecule has 1 aliphatic heterocycles. The second-order valence-corrected chi connectivity index (χ2v) is 8.63. The van der Waals surface area contributed by atoms with Gasteiger partial charge in [0.05, 0.1) is 17.7 Å². The summed E-state index contributed by atoms with van der Waals surface area (Å²) in [6, 6.07) is 10.0. The number of rotatable bonds is 6. The minimum Gasteiger partial charge on any atom is -0.464 e. The molecule has 0 radical (unpaired) electrons. The number of fused-ring (bicyclic) bond motifs is 3. The molecule has 10 nitrogen and oxygen atoms in total. The van der Waals surface area contributed by atoms with Gasteiger partial charge in [0.1, 0.15) is 23.4 Å². The van der Waals surface area contributed by atoms with E-state index in [9.17, 15) is 9.59 Å². The van der Waals surface area contributed by atoms with E-state index in [0.29, 0.717) is 33.8 Å². The van der Waals surface area contributed by atoms with Crippen LogP contribution < -0.4 is 10.6 Å². The molecule has 3 aromatic heterocycles. The Morgan fingerprint density at radius 3 is 2.79 bits per heavy atom. The van der Waals surface area contributed by atoms with Gasteiger partial charge in [-0.15, -0.1) is 5.10 Å². The van der Waals surface area contributed by atoms with Crippen LogP contribution in [0.5, 0.6) is 0 Å². The maximum Gasteiger partial charge on any atom is 0.338 e. The zero-order chi connectivity index (χ0) is 23.8. The van der Waals surface area contributed by atoms with Crippen LogP contribution in [0.1, 0.15) is 30.3 Å². The molecular formula is C23H22N6O4S. The minimum absolute atomic E-state index is 0.200. The third-order valence-electron chi connectivity index (χ3n) is 5.30. The van der Waals surface area contributed by atoms with Crippen LogP contribution in [-0.4, -0.2) is 43.9 Å². The van der Waals surface area contributed by atoms with E-state index in [1.54, 1.807) is 30.5 Å². The summed E-state index contributed by atoms with van der Waals surface area (Å²) in [6.07, 6.45) is 0. The lowest BCUT2D eigenvalue weighted by Gasteiger charge is -2.27. The van der Waals surface area contributed by atoms with Crippen molar-refractivity contribution in [1.82, 2.24) is 30.2 Å². The lowest BCUT2D eigenvalue weighted by molar-refractivity contribution is -0.139. The van der Waals surface area contributed by atoms with Gasteiger partial charge in [-0.05, 0) is 45.0 Å². The van der Waals surface area contributed by atoms with Crippen molar-refractivity contribution in [3.8, 4) is 0 Å². The Balaban J connectivity index is 1.56. The molecule has 0 saturated heterocycles. The Morgan fingerprint density at radius 1 is 1.21 bits per heavy atom. The Hall–Kier alpha value is -3.86. The van der Waals surface area contributed by atoms with E-state index in [4.69, 9.17) is 14.1 Å². The fourth-order valence-electron chi connectivity index (χ4n) is 3.87. The molecule has 0 spiro atoms. The van der Waals surface area contributed by atoms with Crippen LogP contribution in [0.25, 0.3) is 16.6 Å². The zero-order valence-corrected chi connectivity index (χ0v) is 19.6. The fraction of sp³-hybridized carbons (Fsp3) is 0.261. The molecule has 0 bridgehead atoms. The highest BCUT2D eigenvalue weighted by molar-refractivity contribution is 7.99. The van der Waals surface area contributed by atoms with Crippen LogP contribution in [0, 0.1) is 13.8 Å². The number of ether oxygens (including phenoxy) is 1. The molecule has 0 unspecified atom stereocenters. The van der Waals surface area contributed by atoms with Crippen LogP contribution in [0.15, 0.2) is 57.2 Å². The topological polar surface area (TPSA) is 124 Å². The van der Waals surface area contributed by atoms with E-state index >= 15 is 0 Å². The van der Waals surface area contributed by atoms with Crippen LogP contribution in [0.2, 0.25) is 0 Å². The molecule has 5 rings (SSSR count). The molecule has 1 aromatic carbocycles. The van der Waals surface area contributed by atoms with Crippen molar-refractivity contribution in [2.45, 2.75) is 32.0 Å². The number of hydrogen-bond acceptors (Lipinski definition) is 8. The number of carbonyl (C=O) groups is 2. The van der Waals surface area contributed by atoms with Crippen LogP contribution >= 0.6 is 11.8 Å². The molecule has 0 fully saturated rings. The number of esters is 1. The number of nitrogens with zero attached hydrogens (tertiary/aromatic N) is 4. The normalized spacial score (nSPS) is 16.1. The largest absolute Gasteiger partial charge is 0.464 e. The average molecular weight is 479 g/mol. The SMILES string of the molecule is CCOC(=O)C1=C(CSc2nc3ccccc3c3nc(C)nn23)NC(=O)N[C@@H]1c1ccc(C)o1. The number of aryl methyl sites for hydroxylation is 2. The number of thioether (sulfide) groups is 1. The molecular weight excluding hydrogens is 456 g/mol. The first-order valence-corrected chi connectivity index (χ1v) is 11.7. The van der Waals surface area contributed by atoms with Crippen molar-refractivity contribution < 1.29 is 18.7 Å². The quantitative estimate of drug-likeness (QED) is 0.245. The third-order valence-corrected chi connectivity index (χ3v) is 6.25. The summed E-state index contributed by atoms with van der Waals surface area (Å²) in [5.41, 5.74) is 2.19. The summed E-state index contributed by atoms with van der Waals surface area (Å²) < 4.78 is 12.7. The van der Waals surface area contributed by atoms with E-state index in [-0.39, 0.29) is 17.9 Å². The summed E-state index contributed by atoms with van der Waals surface area (Å²) in [6.45, 7) is 5.55. The third kappa shape index (κ3) is 3.98. The predicted molar refractivity (Wildman–Crippen MR) is 125 cm³/mol. The van der Waals surface area contributed by atoms with Crippen LogP contribution in [0.4, 0.5) is 4.79 Å². The highest BCUT2D eigenvalue weighted by Crippen LogP contribution is 2.32. The standard InChI is InChI=1S/C23H22N6O4S/c1-4-32-21(30)18-16(25-22(31)27-19(18)17-10-9-12(2)33-17)11-34-23-26-15-8-6-5-7-14(15)20-24-13(3)28-29(20)23/h5-10,19H,4,11H2,1-3H3,(H2,25,27,31)/t19-/m1/s1. The van der Waals surface area contributed by atoms with E-state index in [1.165, 1.54) is 11.8 Å². The van der Waals surface area contributed by atoms with Gasteiger partial charge in [-0.1, -0.05) is 23.9 Å². The number of urea groups is 1. The van der Waals surface area contributed by atoms with Gasteiger partial charge < -0.3 is 19.8 Å². The van der Waals surface area contributed by atoms with E-state index in [1.807, 2.05) is 31.2 Å². The van der Waals surface area contributed by atoms with Gasteiger partial charge in [-0.2, -0.15) is 4.52 Å². The zero-order valence-electron chi connectivity index (χ0n) is 18.8. The highest BCUT2D eigenvalue weighted by Gasteiger charge is 2.35. The summed E-state index contributed by atoms with van der Waals surface area (Å²) in [7, 11) is 0. The molecule has 0 saturated carbocycles. The molecule has 4 aromatic rings. The molecule has 174 valence electrons. The number of nitrogens with one attached hydrogen (secondary N) is 2. The van der Waals surface area contributed by atoms with Crippen molar-refractivity contribution in [1.29, 1.82) is 0 Å². The second-order valence-electron chi connectivity index (χ2n) is 7.69. The van der Waals surface area contributed by atoms with E-state index in [0.717, 1.165) is 10.9 Å². The summed E-state index contributed by atoms with van der Waals surface area (Å²) in [4.78, 5) is 34.7. The van der Waals surface area contributed by atoms with Gasteiger partial charge in [-0.3, -0.25) is 0 Å². The maximum absolute atomic E-state index is 12.9. The van der Waals surface area contributed by atoms with Gasteiger partial charge in [0.15, 0.2) is 10.8 Å². The Labute approximate surface area is 198 Å². The van der Waals surface area contributed by atoms with Gasteiger partial charge >= 0.3 is 12.0 Å². The van der Waals surface area contributed by atoms with Crippen molar-refractivity contribution in [3.63, 3.8) is 0 Å². The average Bonchev–Trinajstić information content (AvgIpc) is 3.42. The molecule has 11 heteroatoms. The lowest BCUT2D eigenvalue weighted by Crippen LogP contribution is -2.46. The Kier molecular flexibility index (Phi) is 5.70. The van der Waals surface area contributed by atoms with E-state index < -0.39 is 18.0 Å². The molecule has 1 atom stereocenters. The summed E-state index contributed by atoms with van der Waals surface area (Å²) in [5.74, 6) is 1.46.